The number of nitrogens with zero attached hydrogens (tertiary/aromatic N) is 4. The van der Waals surface area contributed by atoms with Gasteiger partial charge in [-0.25, -0.2) is 9.67 Å². The summed E-state index contributed by atoms with van der Waals surface area (Å²) in [5.74, 6) is 0.693. The van der Waals surface area contributed by atoms with E-state index in [1.165, 1.54) is 0 Å². The van der Waals surface area contributed by atoms with Gasteiger partial charge in [0.1, 0.15) is 5.76 Å². The largest absolute Gasteiger partial charge is 0.467 e. The normalized spacial score (nSPS) is 11.4. The molecular formula is C21H22N4O2S. The van der Waals surface area contributed by atoms with E-state index in [9.17, 15) is 4.79 Å². The van der Waals surface area contributed by atoms with Crippen molar-refractivity contribution in [3.8, 4) is 0 Å². The maximum absolute atomic E-state index is 13.4. The molecule has 7 heteroatoms. The van der Waals surface area contributed by atoms with Gasteiger partial charge in [-0.2, -0.15) is 5.10 Å². The Kier molecular flexibility index (Phi) is 5.00. The Bertz CT molecular complexity index is 1050. The quantitative estimate of drug-likeness (QED) is 0.470. The molecule has 0 aromatic carbocycles. The van der Waals surface area contributed by atoms with Crippen LogP contribution >= 0.6 is 11.3 Å². The van der Waals surface area contributed by atoms with Gasteiger partial charge in [-0.3, -0.25) is 4.79 Å². The first-order valence-corrected chi connectivity index (χ1v) is 10.1. The maximum Gasteiger partial charge on any atom is 0.256 e. The van der Waals surface area contributed by atoms with Crippen LogP contribution in [0.2, 0.25) is 0 Å². The maximum atomic E-state index is 13.4. The lowest BCUT2D eigenvalue weighted by Crippen LogP contribution is -2.30. The molecule has 0 N–H and O–H groups in total. The van der Waals surface area contributed by atoms with E-state index in [0.717, 1.165) is 21.7 Å². The summed E-state index contributed by atoms with van der Waals surface area (Å²) in [7, 11) is 0. The topological polar surface area (TPSA) is 64.2 Å². The number of aromatic nitrogens is 3. The van der Waals surface area contributed by atoms with E-state index >= 15 is 0 Å². The van der Waals surface area contributed by atoms with Crippen LogP contribution in [0.1, 0.15) is 46.6 Å². The molecule has 28 heavy (non-hydrogen) atoms. The second kappa shape index (κ2) is 7.59. The molecule has 4 aromatic heterocycles. The number of carbonyl (C=O) groups excluding carboxylic acids is 1. The molecule has 0 aliphatic heterocycles. The number of rotatable bonds is 6. The average Bonchev–Trinajstić information content (AvgIpc) is 3.41. The number of pyridine rings is 1. The number of carbonyl (C=O) groups is 1. The molecule has 0 aliphatic rings. The molecule has 6 nitrogen and oxygen atoms in total. The number of aryl methyl sites for hydroxylation is 1. The van der Waals surface area contributed by atoms with E-state index in [1.54, 1.807) is 28.7 Å². The van der Waals surface area contributed by atoms with Crippen molar-refractivity contribution in [2.24, 2.45) is 0 Å². The number of fused-ring (bicyclic) bond motifs is 1. The van der Waals surface area contributed by atoms with Crippen LogP contribution in [0.3, 0.4) is 0 Å². The Morgan fingerprint density at radius 1 is 1.29 bits per heavy atom. The van der Waals surface area contributed by atoms with Crippen LogP contribution in [0.5, 0.6) is 0 Å². The van der Waals surface area contributed by atoms with Crippen LogP contribution in [0, 0.1) is 6.92 Å². The monoisotopic (exact) mass is 394 g/mol. The number of amides is 1. The molecule has 4 rings (SSSR count). The molecule has 0 bridgehead atoms. The van der Waals surface area contributed by atoms with Crippen LogP contribution in [-0.4, -0.2) is 25.6 Å². The van der Waals surface area contributed by atoms with Gasteiger partial charge in [0.05, 0.1) is 36.8 Å². The standard InChI is InChI=1S/C21H22N4O2S/c1-14(2)25-20-16(11-22-25)10-19(15(3)23-20)21(26)24(12-17-6-4-8-27-17)13-18-7-5-9-28-18/h4-11,14H,12-13H2,1-3H3. The van der Waals surface area contributed by atoms with E-state index in [2.05, 4.69) is 23.9 Å². The van der Waals surface area contributed by atoms with Gasteiger partial charge in [0, 0.05) is 16.3 Å². The second-order valence-corrected chi connectivity index (χ2v) is 8.07. The minimum absolute atomic E-state index is 0.0611. The highest BCUT2D eigenvalue weighted by Crippen LogP contribution is 2.23. The lowest BCUT2D eigenvalue weighted by atomic mass is 10.1. The minimum Gasteiger partial charge on any atom is -0.467 e. The lowest BCUT2D eigenvalue weighted by Gasteiger charge is -2.22. The smallest absolute Gasteiger partial charge is 0.256 e. The van der Waals surface area contributed by atoms with Gasteiger partial charge in [-0.1, -0.05) is 6.07 Å². The Hall–Kier alpha value is -2.93. The molecule has 0 spiro atoms. The van der Waals surface area contributed by atoms with Crippen LogP contribution < -0.4 is 0 Å². The summed E-state index contributed by atoms with van der Waals surface area (Å²) in [6.45, 7) is 6.94. The van der Waals surface area contributed by atoms with Crippen molar-refractivity contribution >= 4 is 28.3 Å². The Morgan fingerprint density at radius 3 is 2.82 bits per heavy atom. The molecule has 0 saturated heterocycles. The van der Waals surface area contributed by atoms with Gasteiger partial charge >= 0.3 is 0 Å². The summed E-state index contributed by atoms with van der Waals surface area (Å²) in [6, 6.07) is 9.86. The average molecular weight is 395 g/mol. The Balaban J connectivity index is 1.70. The summed E-state index contributed by atoms with van der Waals surface area (Å²) in [5, 5.41) is 7.31. The van der Waals surface area contributed by atoms with E-state index < -0.39 is 0 Å². The molecule has 144 valence electrons. The number of furan rings is 1. The highest BCUT2D eigenvalue weighted by atomic mass is 32.1. The van der Waals surface area contributed by atoms with Crippen molar-refractivity contribution in [2.45, 2.75) is 39.9 Å². The zero-order valence-corrected chi connectivity index (χ0v) is 16.9. The van der Waals surface area contributed by atoms with E-state index in [4.69, 9.17) is 4.42 Å². The number of thiophene rings is 1. The number of hydrogen-bond acceptors (Lipinski definition) is 5. The first-order chi connectivity index (χ1) is 13.5. The summed E-state index contributed by atoms with van der Waals surface area (Å²) >= 11 is 1.64. The highest BCUT2D eigenvalue weighted by molar-refractivity contribution is 7.09. The van der Waals surface area contributed by atoms with Gasteiger partial charge in [-0.05, 0) is 50.4 Å². The lowest BCUT2D eigenvalue weighted by molar-refractivity contribution is 0.0718. The molecule has 0 saturated carbocycles. The second-order valence-electron chi connectivity index (χ2n) is 7.04. The molecule has 0 atom stereocenters. The predicted molar refractivity (Wildman–Crippen MR) is 109 cm³/mol. The summed E-state index contributed by atoms with van der Waals surface area (Å²) < 4.78 is 7.36. The molecule has 0 aliphatic carbocycles. The van der Waals surface area contributed by atoms with E-state index in [-0.39, 0.29) is 11.9 Å². The molecule has 0 unspecified atom stereocenters. The molecule has 4 aromatic rings. The Morgan fingerprint density at radius 2 is 2.14 bits per heavy atom. The summed E-state index contributed by atoms with van der Waals surface area (Å²) in [5.41, 5.74) is 2.11. The summed E-state index contributed by atoms with van der Waals surface area (Å²) in [6.07, 6.45) is 3.40. The van der Waals surface area contributed by atoms with Crippen molar-refractivity contribution in [1.29, 1.82) is 0 Å². The van der Waals surface area contributed by atoms with Crippen LogP contribution in [0.25, 0.3) is 11.0 Å². The molecule has 0 radical (unpaired) electrons. The fourth-order valence-corrected chi connectivity index (χ4v) is 3.93. The third-order valence-corrected chi connectivity index (χ3v) is 5.48. The third kappa shape index (κ3) is 3.57. The third-order valence-electron chi connectivity index (χ3n) is 4.62. The Labute approximate surface area is 167 Å². The van der Waals surface area contributed by atoms with Crippen LogP contribution in [0.15, 0.2) is 52.6 Å². The molecular weight excluding hydrogens is 372 g/mol. The highest BCUT2D eigenvalue weighted by Gasteiger charge is 2.22. The zero-order valence-electron chi connectivity index (χ0n) is 16.1. The predicted octanol–water partition coefficient (Wildman–Crippen LogP) is 4.82. The molecule has 4 heterocycles. The van der Waals surface area contributed by atoms with Crippen LogP contribution in [-0.2, 0) is 13.1 Å². The summed E-state index contributed by atoms with van der Waals surface area (Å²) in [4.78, 5) is 21.0. The van der Waals surface area contributed by atoms with E-state index in [0.29, 0.717) is 24.3 Å². The van der Waals surface area contributed by atoms with Crippen LogP contribution in [0.4, 0.5) is 0 Å². The van der Waals surface area contributed by atoms with Gasteiger partial charge in [0.25, 0.3) is 5.91 Å². The van der Waals surface area contributed by atoms with Gasteiger partial charge in [0.15, 0.2) is 5.65 Å². The van der Waals surface area contributed by atoms with E-state index in [1.807, 2.05) is 47.3 Å². The van der Waals surface area contributed by atoms with Crippen molar-refractivity contribution in [2.75, 3.05) is 0 Å². The van der Waals surface area contributed by atoms with Crippen molar-refractivity contribution in [1.82, 2.24) is 19.7 Å². The molecule has 0 fully saturated rings. The minimum atomic E-state index is -0.0611. The van der Waals surface area contributed by atoms with Crippen molar-refractivity contribution < 1.29 is 9.21 Å². The first kappa shape index (κ1) is 18.4. The fraction of sp³-hybridized carbons (Fsp3) is 0.286. The van der Waals surface area contributed by atoms with Gasteiger partial charge in [0.2, 0.25) is 0 Å². The van der Waals surface area contributed by atoms with Gasteiger partial charge < -0.3 is 9.32 Å². The zero-order chi connectivity index (χ0) is 19.7. The van der Waals surface area contributed by atoms with Gasteiger partial charge in [-0.15, -0.1) is 11.3 Å². The molecule has 1 amide bonds. The number of hydrogen-bond donors (Lipinski definition) is 0. The van der Waals surface area contributed by atoms with Crippen molar-refractivity contribution in [3.05, 3.63) is 70.1 Å². The first-order valence-electron chi connectivity index (χ1n) is 9.22. The van der Waals surface area contributed by atoms with Crippen molar-refractivity contribution in [3.63, 3.8) is 0 Å². The fourth-order valence-electron chi connectivity index (χ4n) is 3.21. The SMILES string of the molecule is Cc1nc2c(cnn2C(C)C)cc1C(=O)N(Cc1ccco1)Cc1cccs1.